The van der Waals surface area contributed by atoms with Crippen molar-refractivity contribution in [3.63, 3.8) is 0 Å². The molecule has 1 fully saturated rings. The zero-order valence-electron chi connectivity index (χ0n) is 11.7. The van der Waals surface area contributed by atoms with E-state index in [0.717, 1.165) is 43.6 Å². The first-order valence-corrected chi connectivity index (χ1v) is 7.24. The minimum Gasteiger partial charge on any atom is -0.394 e. The highest BCUT2D eigenvalue weighted by atomic mass is 16.3. The van der Waals surface area contributed by atoms with Crippen LogP contribution < -0.4 is 10.6 Å². The zero-order chi connectivity index (χ0) is 13.7. The molecule has 0 amide bonds. The van der Waals surface area contributed by atoms with Crippen LogP contribution >= 0.6 is 0 Å². The Labute approximate surface area is 114 Å². The van der Waals surface area contributed by atoms with Gasteiger partial charge in [-0.2, -0.15) is 0 Å². The largest absolute Gasteiger partial charge is 0.394 e. The van der Waals surface area contributed by atoms with Gasteiger partial charge in [0.1, 0.15) is 18.0 Å². The molecule has 2 rings (SSSR count). The molecule has 1 aliphatic rings. The summed E-state index contributed by atoms with van der Waals surface area (Å²) >= 11 is 0. The molecule has 5 nitrogen and oxygen atoms in total. The summed E-state index contributed by atoms with van der Waals surface area (Å²) in [5.74, 6) is 1.50. The summed E-state index contributed by atoms with van der Waals surface area (Å²) in [5.41, 5.74) is 7.03. The molecule has 3 N–H and O–H groups in total. The first-order chi connectivity index (χ1) is 9.27. The Balaban J connectivity index is 2.34. The van der Waals surface area contributed by atoms with Crippen LogP contribution in [-0.2, 0) is 6.42 Å². The third-order valence-corrected chi connectivity index (χ3v) is 3.82. The first-order valence-electron chi connectivity index (χ1n) is 7.24. The molecule has 19 heavy (non-hydrogen) atoms. The Morgan fingerprint density at radius 1 is 1.37 bits per heavy atom. The maximum atomic E-state index is 9.62. The average Bonchev–Trinajstić information content (AvgIpc) is 2.66. The summed E-state index contributed by atoms with van der Waals surface area (Å²) in [6, 6.07) is 0.160. The third-order valence-electron chi connectivity index (χ3n) is 3.82. The van der Waals surface area contributed by atoms with E-state index in [1.165, 1.54) is 19.2 Å². The maximum absolute atomic E-state index is 9.62. The van der Waals surface area contributed by atoms with Crippen LogP contribution in [0.15, 0.2) is 6.33 Å². The second-order valence-electron chi connectivity index (χ2n) is 5.19. The van der Waals surface area contributed by atoms with E-state index in [9.17, 15) is 5.11 Å². The first kappa shape index (κ1) is 14.1. The second-order valence-corrected chi connectivity index (χ2v) is 5.19. The number of aliphatic hydroxyl groups is 1. The SMILES string of the molecule is CCCc1c(N)ncnc1N1CCCCCC1CO. The molecule has 1 saturated heterocycles. The lowest BCUT2D eigenvalue weighted by molar-refractivity contribution is 0.254. The lowest BCUT2D eigenvalue weighted by Gasteiger charge is -2.31. The van der Waals surface area contributed by atoms with Gasteiger partial charge in [-0.05, 0) is 19.3 Å². The van der Waals surface area contributed by atoms with E-state index in [-0.39, 0.29) is 12.6 Å². The van der Waals surface area contributed by atoms with Gasteiger partial charge in [-0.25, -0.2) is 9.97 Å². The smallest absolute Gasteiger partial charge is 0.137 e. The van der Waals surface area contributed by atoms with Gasteiger partial charge in [0, 0.05) is 12.1 Å². The molecule has 2 heterocycles. The number of aromatic nitrogens is 2. The van der Waals surface area contributed by atoms with Gasteiger partial charge in [0.05, 0.1) is 12.6 Å². The summed E-state index contributed by atoms with van der Waals surface area (Å²) < 4.78 is 0. The molecule has 0 aromatic carbocycles. The molecule has 1 unspecified atom stereocenters. The van der Waals surface area contributed by atoms with Crippen LogP contribution in [0.3, 0.4) is 0 Å². The van der Waals surface area contributed by atoms with Crippen LogP contribution in [0, 0.1) is 0 Å². The number of hydrogen-bond acceptors (Lipinski definition) is 5. The maximum Gasteiger partial charge on any atom is 0.137 e. The van der Waals surface area contributed by atoms with Crippen LogP contribution in [0.2, 0.25) is 0 Å². The molecule has 1 aromatic rings. The predicted octanol–water partition coefficient (Wildman–Crippen LogP) is 1.75. The minimum absolute atomic E-state index is 0.160. The van der Waals surface area contributed by atoms with Crippen molar-refractivity contribution in [3.05, 3.63) is 11.9 Å². The molecule has 0 aliphatic carbocycles. The molecular formula is C14H24N4O. The van der Waals surface area contributed by atoms with Gasteiger partial charge in [-0.1, -0.05) is 26.2 Å². The molecule has 1 aliphatic heterocycles. The van der Waals surface area contributed by atoms with Crippen molar-refractivity contribution in [2.45, 2.75) is 51.5 Å². The number of anilines is 2. The van der Waals surface area contributed by atoms with Crippen molar-refractivity contribution >= 4 is 11.6 Å². The Morgan fingerprint density at radius 3 is 2.95 bits per heavy atom. The van der Waals surface area contributed by atoms with Crippen molar-refractivity contribution in [2.24, 2.45) is 0 Å². The molecule has 0 saturated carbocycles. The van der Waals surface area contributed by atoms with Gasteiger partial charge in [0.2, 0.25) is 0 Å². The van der Waals surface area contributed by atoms with Gasteiger partial charge in [0.25, 0.3) is 0 Å². The van der Waals surface area contributed by atoms with Gasteiger partial charge in [-0.15, -0.1) is 0 Å². The van der Waals surface area contributed by atoms with Crippen molar-refractivity contribution in [2.75, 3.05) is 23.8 Å². The average molecular weight is 264 g/mol. The number of hydrogen-bond donors (Lipinski definition) is 2. The summed E-state index contributed by atoms with van der Waals surface area (Å²) in [5, 5.41) is 9.62. The summed E-state index contributed by atoms with van der Waals surface area (Å²) in [6.45, 7) is 3.25. The van der Waals surface area contributed by atoms with Gasteiger partial charge in [0.15, 0.2) is 0 Å². The van der Waals surface area contributed by atoms with E-state index in [2.05, 4.69) is 21.8 Å². The molecule has 0 bridgehead atoms. The number of aliphatic hydroxyl groups excluding tert-OH is 1. The Kier molecular flexibility index (Phi) is 4.96. The van der Waals surface area contributed by atoms with Crippen molar-refractivity contribution < 1.29 is 5.11 Å². The van der Waals surface area contributed by atoms with Crippen LogP contribution in [0.1, 0.15) is 44.6 Å². The standard InChI is InChI=1S/C14H24N4O/c1-2-6-12-13(15)16-10-17-14(12)18-8-5-3-4-7-11(18)9-19/h10-11,19H,2-9H2,1H3,(H2,15,16,17). The lowest BCUT2D eigenvalue weighted by atomic mass is 10.1. The lowest BCUT2D eigenvalue weighted by Crippen LogP contribution is -2.39. The molecule has 0 radical (unpaired) electrons. The highest BCUT2D eigenvalue weighted by molar-refractivity contribution is 5.57. The molecule has 106 valence electrons. The molecule has 0 spiro atoms. The number of nitrogens with zero attached hydrogens (tertiary/aromatic N) is 3. The Morgan fingerprint density at radius 2 is 2.21 bits per heavy atom. The number of nitrogens with two attached hydrogens (primary N) is 1. The summed E-state index contributed by atoms with van der Waals surface area (Å²) in [7, 11) is 0. The summed E-state index contributed by atoms with van der Waals surface area (Å²) in [6.07, 6.45) is 7.99. The quantitative estimate of drug-likeness (QED) is 0.866. The fraction of sp³-hybridized carbons (Fsp3) is 0.714. The summed E-state index contributed by atoms with van der Waals surface area (Å²) in [4.78, 5) is 10.8. The van der Waals surface area contributed by atoms with Crippen molar-refractivity contribution in [3.8, 4) is 0 Å². The van der Waals surface area contributed by atoms with Gasteiger partial charge in [-0.3, -0.25) is 0 Å². The van der Waals surface area contributed by atoms with Crippen LogP contribution in [0.5, 0.6) is 0 Å². The second kappa shape index (κ2) is 6.70. The predicted molar refractivity (Wildman–Crippen MR) is 77.1 cm³/mol. The third kappa shape index (κ3) is 3.15. The molecule has 5 heteroatoms. The number of nitrogen functional groups attached to an aromatic ring is 1. The van der Waals surface area contributed by atoms with Gasteiger partial charge < -0.3 is 15.7 Å². The Hall–Kier alpha value is -1.36. The van der Waals surface area contributed by atoms with Crippen LogP contribution in [0.4, 0.5) is 11.6 Å². The highest BCUT2D eigenvalue weighted by Gasteiger charge is 2.24. The molecule has 1 aromatic heterocycles. The van der Waals surface area contributed by atoms with Gasteiger partial charge >= 0.3 is 0 Å². The van der Waals surface area contributed by atoms with E-state index in [0.29, 0.717) is 5.82 Å². The zero-order valence-corrected chi connectivity index (χ0v) is 11.7. The van der Waals surface area contributed by atoms with E-state index >= 15 is 0 Å². The monoisotopic (exact) mass is 264 g/mol. The van der Waals surface area contributed by atoms with Crippen molar-refractivity contribution in [1.29, 1.82) is 0 Å². The van der Waals surface area contributed by atoms with E-state index in [1.54, 1.807) is 0 Å². The Bertz CT molecular complexity index is 410. The topological polar surface area (TPSA) is 75.3 Å². The number of rotatable bonds is 4. The van der Waals surface area contributed by atoms with E-state index in [1.807, 2.05) is 0 Å². The van der Waals surface area contributed by atoms with Crippen LogP contribution in [0.25, 0.3) is 0 Å². The fourth-order valence-electron chi connectivity index (χ4n) is 2.80. The fourth-order valence-corrected chi connectivity index (χ4v) is 2.80. The highest BCUT2D eigenvalue weighted by Crippen LogP contribution is 2.28. The van der Waals surface area contributed by atoms with Crippen LogP contribution in [-0.4, -0.2) is 34.3 Å². The minimum atomic E-state index is 0.160. The normalized spacial score (nSPS) is 20.3. The molecule has 1 atom stereocenters. The van der Waals surface area contributed by atoms with Crippen molar-refractivity contribution in [1.82, 2.24) is 9.97 Å². The van der Waals surface area contributed by atoms with E-state index in [4.69, 9.17) is 5.73 Å². The van der Waals surface area contributed by atoms with E-state index < -0.39 is 0 Å². The molecular weight excluding hydrogens is 240 g/mol.